The van der Waals surface area contributed by atoms with Gasteiger partial charge in [-0.2, -0.15) is 0 Å². The van der Waals surface area contributed by atoms with Gasteiger partial charge < -0.3 is 19.2 Å². The second-order valence-corrected chi connectivity index (χ2v) is 11.0. The lowest BCUT2D eigenvalue weighted by Gasteiger charge is -2.47. The molecule has 1 saturated heterocycles. The molecule has 1 aliphatic carbocycles. The van der Waals surface area contributed by atoms with E-state index in [9.17, 15) is 14.7 Å². The average molecular weight is 554 g/mol. The van der Waals surface area contributed by atoms with Gasteiger partial charge in [-0.05, 0) is 56.4 Å². The molecule has 3 aromatic rings. The molecule has 6 nitrogen and oxygen atoms in total. The fourth-order valence-corrected chi connectivity index (χ4v) is 6.12. The number of rotatable bonds is 6. The van der Waals surface area contributed by atoms with Crippen LogP contribution in [0.3, 0.4) is 0 Å². The van der Waals surface area contributed by atoms with Crippen LogP contribution in [0.15, 0.2) is 56.1 Å². The van der Waals surface area contributed by atoms with E-state index in [0.29, 0.717) is 49.4 Å². The van der Waals surface area contributed by atoms with Crippen LogP contribution in [0, 0.1) is 12.8 Å². The zero-order valence-corrected chi connectivity index (χ0v) is 22.2. The van der Waals surface area contributed by atoms with Crippen molar-refractivity contribution in [3.63, 3.8) is 0 Å². The Kier molecular flexibility index (Phi) is 7.22. The molecule has 1 aliphatic heterocycles. The van der Waals surface area contributed by atoms with Gasteiger partial charge in [0, 0.05) is 52.5 Å². The molecule has 190 valence electrons. The van der Waals surface area contributed by atoms with Crippen LogP contribution in [0.4, 0.5) is 0 Å². The van der Waals surface area contributed by atoms with Crippen molar-refractivity contribution in [2.45, 2.75) is 64.1 Å². The van der Waals surface area contributed by atoms with Gasteiger partial charge in [-0.25, -0.2) is 4.79 Å². The van der Waals surface area contributed by atoms with E-state index in [1.165, 1.54) is 0 Å². The van der Waals surface area contributed by atoms with Gasteiger partial charge in [0.1, 0.15) is 17.9 Å². The van der Waals surface area contributed by atoms with E-state index < -0.39 is 11.2 Å². The summed E-state index contributed by atoms with van der Waals surface area (Å²) in [5.41, 5.74) is 1.87. The minimum Gasteiger partial charge on any atom is -0.489 e. The molecule has 5 rings (SSSR count). The lowest BCUT2D eigenvalue weighted by atomic mass is 9.71. The van der Waals surface area contributed by atoms with Crippen molar-refractivity contribution < 1.29 is 19.1 Å². The van der Waals surface area contributed by atoms with Crippen LogP contribution in [0.2, 0.25) is 0 Å². The van der Waals surface area contributed by atoms with Gasteiger partial charge in [0.05, 0.1) is 5.60 Å². The number of piperidine rings is 1. The molecule has 1 aromatic heterocycles. The van der Waals surface area contributed by atoms with Crippen molar-refractivity contribution in [1.82, 2.24) is 4.90 Å². The molecular weight excluding hydrogens is 522 g/mol. The Morgan fingerprint density at radius 1 is 1.22 bits per heavy atom. The molecule has 1 N–H and O–H groups in total. The van der Waals surface area contributed by atoms with Crippen LogP contribution in [0.1, 0.15) is 55.2 Å². The Bertz CT molecular complexity index is 1330. The summed E-state index contributed by atoms with van der Waals surface area (Å²) in [4.78, 5) is 27.7. The molecule has 2 heterocycles. The van der Waals surface area contributed by atoms with E-state index in [-0.39, 0.29) is 18.2 Å². The van der Waals surface area contributed by atoms with Crippen molar-refractivity contribution >= 4 is 32.8 Å². The number of ether oxygens (including phenoxy) is 1. The van der Waals surface area contributed by atoms with Crippen molar-refractivity contribution in [1.29, 1.82) is 0 Å². The monoisotopic (exact) mass is 553 g/mol. The molecule has 2 atom stereocenters. The summed E-state index contributed by atoms with van der Waals surface area (Å²) in [7, 11) is 0. The molecule has 7 heteroatoms. The second kappa shape index (κ2) is 10.4. The van der Waals surface area contributed by atoms with Crippen molar-refractivity contribution in [2.75, 3.05) is 13.1 Å². The van der Waals surface area contributed by atoms with Crippen LogP contribution < -0.4 is 10.4 Å². The minimum absolute atomic E-state index is 0.0392. The molecule has 0 bridgehead atoms. The number of aryl methyl sites for hydroxylation is 1. The molecule has 2 fully saturated rings. The number of aliphatic hydroxyl groups is 1. The Hall–Kier alpha value is -2.64. The molecule has 0 radical (unpaired) electrons. The molecular formula is C29H32BrNO5. The molecule has 0 spiro atoms. The lowest BCUT2D eigenvalue weighted by molar-refractivity contribution is -0.143. The number of likely N-dealkylation sites (tertiary alicyclic amines) is 1. The Morgan fingerprint density at radius 2 is 2.06 bits per heavy atom. The van der Waals surface area contributed by atoms with Gasteiger partial charge >= 0.3 is 5.63 Å². The summed E-state index contributed by atoms with van der Waals surface area (Å²) < 4.78 is 12.5. The highest BCUT2D eigenvalue weighted by atomic mass is 79.9. The lowest BCUT2D eigenvalue weighted by Crippen LogP contribution is -2.54. The van der Waals surface area contributed by atoms with Gasteiger partial charge in [-0.15, -0.1) is 0 Å². The first-order chi connectivity index (χ1) is 17.3. The minimum atomic E-state index is -0.606. The number of benzene rings is 2. The first-order valence-corrected chi connectivity index (χ1v) is 13.6. The quantitative estimate of drug-likeness (QED) is 0.406. The molecule has 2 aliphatic rings. The molecule has 0 unspecified atom stereocenters. The first-order valence-electron chi connectivity index (χ1n) is 12.8. The summed E-state index contributed by atoms with van der Waals surface area (Å²) in [5, 5.41) is 11.7. The van der Waals surface area contributed by atoms with Crippen LogP contribution in [-0.2, 0) is 17.8 Å². The highest BCUT2D eigenvalue weighted by Gasteiger charge is 2.43. The zero-order valence-electron chi connectivity index (χ0n) is 20.6. The fraction of sp³-hybridized carbons (Fsp3) is 0.448. The highest BCUT2D eigenvalue weighted by Crippen LogP contribution is 2.40. The second-order valence-electron chi connectivity index (χ2n) is 10.2. The highest BCUT2D eigenvalue weighted by molar-refractivity contribution is 9.10. The van der Waals surface area contributed by atoms with E-state index >= 15 is 0 Å². The van der Waals surface area contributed by atoms with Crippen LogP contribution in [-0.4, -0.2) is 34.6 Å². The van der Waals surface area contributed by atoms with Crippen LogP contribution in [0.5, 0.6) is 5.75 Å². The number of nitrogens with zero attached hydrogens (tertiary/aromatic N) is 1. The average Bonchev–Trinajstić information content (AvgIpc) is 2.87. The molecule has 1 saturated carbocycles. The summed E-state index contributed by atoms with van der Waals surface area (Å²) in [6, 6.07) is 13.4. The van der Waals surface area contributed by atoms with E-state index in [4.69, 9.17) is 9.15 Å². The first kappa shape index (κ1) is 25.0. The number of amides is 1. The third kappa shape index (κ3) is 5.09. The maximum absolute atomic E-state index is 13.0. The van der Waals surface area contributed by atoms with E-state index in [1.807, 2.05) is 48.2 Å². The topological polar surface area (TPSA) is 80.0 Å². The van der Waals surface area contributed by atoms with Gasteiger partial charge in [0.2, 0.25) is 5.91 Å². The summed E-state index contributed by atoms with van der Waals surface area (Å²) in [6.07, 6.45) is 5.24. The molecule has 2 aromatic carbocycles. The number of hydrogen-bond acceptors (Lipinski definition) is 5. The predicted octanol–water partition coefficient (Wildman–Crippen LogP) is 5.53. The van der Waals surface area contributed by atoms with E-state index in [2.05, 4.69) is 15.9 Å². The smallest absolute Gasteiger partial charge is 0.339 e. The number of carbonyl (C=O) groups is 1. The van der Waals surface area contributed by atoms with Gasteiger partial charge in [0.25, 0.3) is 0 Å². The fourth-order valence-electron chi connectivity index (χ4n) is 5.72. The summed E-state index contributed by atoms with van der Waals surface area (Å²) >= 11 is 3.53. The van der Waals surface area contributed by atoms with Gasteiger partial charge in [0.15, 0.2) is 0 Å². The maximum atomic E-state index is 13.0. The van der Waals surface area contributed by atoms with E-state index in [1.54, 1.807) is 6.07 Å². The summed E-state index contributed by atoms with van der Waals surface area (Å²) in [5.74, 6) is 0.824. The molecule has 1 amide bonds. The summed E-state index contributed by atoms with van der Waals surface area (Å²) in [6.45, 7) is 3.50. The van der Waals surface area contributed by atoms with Crippen LogP contribution >= 0.6 is 15.9 Å². The predicted molar refractivity (Wildman–Crippen MR) is 142 cm³/mol. The largest absolute Gasteiger partial charge is 0.489 e. The Morgan fingerprint density at radius 3 is 2.89 bits per heavy atom. The molecule has 36 heavy (non-hydrogen) atoms. The third-order valence-corrected chi connectivity index (χ3v) is 8.75. The number of carbonyl (C=O) groups excluding carboxylic acids is 1. The van der Waals surface area contributed by atoms with Gasteiger partial charge in [-0.1, -0.05) is 47.0 Å². The van der Waals surface area contributed by atoms with Crippen LogP contribution in [0.25, 0.3) is 11.0 Å². The number of hydrogen-bond donors (Lipinski definition) is 1. The number of fused-ring (bicyclic) bond motifs is 2. The van der Waals surface area contributed by atoms with E-state index in [0.717, 1.165) is 46.7 Å². The Labute approximate surface area is 219 Å². The van der Waals surface area contributed by atoms with Gasteiger partial charge in [-0.3, -0.25) is 4.79 Å². The number of halogens is 1. The standard InChI is InChI=1S/C29H32BrNO5/c1-19-23-10-9-22(35-18-20-6-2-3-8-25(20)30)16-26(23)36-28(33)24(19)11-12-27(32)31-15-14-29(34)13-5-4-7-21(29)17-31/h2-3,6,8-10,16,21,34H,4-5,7,11-15,17-18H2,1H3/t21-,29-/m0/s1. The maximum Gasteiger partial charge on any atom is 0.339 e. The Balaban J connectivity index is 1.26. The normalized spacial score (nSPS) is 21.9. The van der Waals surface area contributed by atoms with Crippen molar-refractivity contribution in [3.8, 4) is 5.75 Å². The third-order valence-electron chi connectivity index (χ3n) is 7.98. The van der Waals surface area contributed by atoms with Crippen molar-refractivity contribution in [2.24, 2.45) is 5.92 Å². The SMILES string of the molecule is Cc1c(CCC(=O)N2CC[C@@]3(O)CCCC[C@H]3C2)c(=O)oc2cc(OCc3ccccc3Br)ccc12. The van der Waals surface area contributed by atoms with Crippen molar-refractivity contribution in [3.05, 3.63) is 74.0 Å². The zero-order chi connectivity index (χ0) is 25.3.